The van der Waals surface area contributed by atoms with Gasteiger partial charge in [-0.05, 0) is 6.42 Å². The van der Waals surface area contributed by atoms with Crippen molar-refractivity contribution < 1.29 is 32.3 Å². The highest BCUT2D eigenvalue weighted by Gasteiger charge is 2.38. The van der Waals surface area contributed by atoms with Crippen LogP contribution in [0.2, 0.25) is 0 Å². The minimum absolute atomic E-state index is 0.0200. The lowest BCUT2D eigenvalue weighted by Crippen LogP contribution is -2.44. The SMILES string of the molecule is O=C(NCc1c(F)cc(F)cc1F)c1cn2c(c(O)c1=O)C(=O)N1CC[C@@H](F)C[C@@H]2C1. The Bertz CT molecular complexity index is 1130. The van der Waals surface area contributed by atoms with E-state index in [9.17, 15) is 37.1 Å². The first-order valence-corrected chi connectivity index (χ1v) is 9.50. The number of rotatable bonds is 3. The number of aromatic hydroxyl groups is 1. The number of carbonyl (C=O) groups excluding carboxylic acids is 2. The number of halogens is 4. The van der Waals surface area contributed by atoms with Crippen LogP contribution in [0.1, 0.15) is 45.3 Å². The maximum atomic E-state index is 14.1. The van der Waals surface area contributed by atoms with Crippen molar-refractivity contribution in [1.82, 2.24) is 14.8 Å². The van der Waals surface area contributed by atoms with E-state index >= 15 is 0 Å². The average Bonchev–Trinajstić information content (AvgIpc) is 2.87. The Labute approximate surface area is 172 Å². The number of fused-ring (bicyclic) bond motifs is 4. The number of alkyl halides is 1. The molecule has 4 rings (SSSR count). The molecule has 0 saturated carbocycles. The molecular weight excluding hydrogens is 422 g/mol. The minimum atomic E-state index is -1.22. The quantitative estimate of drug-likeness (QED) is 0.716. The zero-order valence-corrected chi connectivity index (χ0v) is 16.0. The molecule has 0 unspecified atom stereocenters. The third kappa shape index (κ3) is 3.64. The summed E-state index contributed by atoms with van der Waals surface area (Å²) < 4.78 is 55.9. The molecule has 0 spiro atoms. The van der Waals surface area contributed by atoms with E-state index in [4.69, 9.17) is 0 Å². The van der Waals surface area contributed by atoms with Crippen LogP contribution in [-0.4, -0.2) is 45.6 Å². The molecule has 2 atom stereocenters. The zero-order chi connectivity index (χ0) is 22.4. The monoisotopic (exact) mass is 439 g/mol. The van der Waals surface area contributed by atoms with Gasteiger partial charge in [-0.25, -0.2) is 17.6 Å². The Hall–Kier alpha value is -3.37. The van der Waals surface area contributed by atoms with Gasteiger partial charge < -0.3 is 19.9 Å². The van der Waals surface area contributed by atoms with Crippen molar-refractivity contribution in [3.8, 4) is 5.75 Å². The molecular formula is C20H17F4N3O4. The van der Waals surface area contributed by atoms with E-state index in [1.54, 1.807) is 0 Å². The number of aromatic nitrogens is 1. The van der Waals surface area contributed by atoms with Crippen LogP contribution < -0.4 is 10.7 Å². The maximum absolute atomic E-state index is 14.1. The first-order chi connectivity index (χ1) is 14.7. The van der Waals surface area contributed by atoms with Crippen LogP contribution in [0.3, 0.4) is 0 Å². The lowest BCUT2D eigenvalue weighted by molar-refractivity contribution is 0.0677. The molecule has 2 bridgehead atoms. The topological polar surface area (TPSA) is 91.6 Å². The fourth-order valence-electron chi connectivity index (χ4n) is 3.95. The molecule has 7 nitrogen and oxygen atoms in total. The summed E-state index contributed by atoms with van der Waals surface area (Å²) in [6.45, 7) is -0.399. The molecule has 1 saturated heterocycles. The van der Waals surface area contributed by atoms with Crippen molar-refractivity contribution in [1.29, 1.82) is 0 Å². The number of hydrogen-bond acceptors (Lipinski definition) is 4. The number of hydrogen-bond donors (Lipinski definition) is 2. The van der Waals surface area contributed by atoms with Gasteiger partial charge in [0.05, 0.1) is 6.04 Å². The highest BCUT2D eigenvalue weighted by atomic mass is 19.1. The second-order valence-corrected chi connectivity index (χ2v) is 7.53. The van der Waals surface area contributed by atoms with Crippen LogP contribution in [0, 0.1) is 17.5 Å². The van der Waals surface area contributed by atoms with Crippen molar-refractivity contribution in [2.75, 3.05) is 13.1 Å². The molecule has 3 heterocycles. The van der Waals surface area contributed by atoms with E-state index in [1.807, 2.05) is 0 Å². The number of nitrogens with zero attached hydrogens (tertiary/aromatic N) is 2. The normalized spacial score (nSPS) is 20.3. The van der Waals surface area contributed by atoms with Crippen LogP contribution in [0.4, 0.5) is 17.6 Å². The van der Waals surface area contributed by atoms with Crippen LogP contribution in [0.25, 0.3) is 0 Å². The summed E-state index contributed by atoms with van der Waals surface area (Å²) in [7, 11) is 0. The van der Waals surface area contributed by atoms with Gasteiger partial charge in [-0.2, -0.15) is 0 Å². The second kappa shape index (κ2) is 7.71. The third-order valence-corrected chi connectivity index (χ3v) is 5.54. The molecule has 2 aliphatic rings. The predicted octanol–water partition coefficient (Wildman–Crippen LogP) is 2.03. The van der Waals surface area contributed by atoms with Crippen molar-refractivity contribution >= 4 is 11.8 Å². The van der Waals surface area contributed by atoms with Gasteiger partial charge in [0.15, 0.2) is 11.4 Å². The van der Waals surface area contributed by atoms with E-state index < -0.39 is 70.3 Å². The van der Waals surface area contributed by atoms with E-state index in [1.165, 1.54) is 9.47 Å². The second-order valence-electron chi connectivity index (χ2n) is 7.53. The number of nitrogens with one attached hydrogen (secondary N) is 1. The van der Waals surface area contributed by atoms with E-state index in [0.29, 0.717) is 12.1 Å². The lowest BCUT2D eigenvalue weighted by atomic mass is 10.0. The van der Waals surface area contributed by atoms with E-state index in [0.717, 1.165) is 6.20 Å². The Kier molecular flexibility index (Phi) is 5.19. The first-order valence-electron chi connectivity index (χ1n) is 9.50. The van der Waals surface area contributed by atoms with E-state index in [2.05, 4.69) is 5.32 Å². The Balaban J connectivity index is 1.68. The van der Waals surface area contributed by atoms with Crippen LogP contribution >= 0.6 is 0 Å². The summed E-state index contributed by atoms with van der Waals surface area (Å²) in [6, 6.07) is 0.289. The predicted molar refractivity (Wildman–Crippen MR) is 98.9 cm³/mol. The minimum Gasteiger partial charge on any atom is -0.503 e. The number of carbonyl (C=O) groups is 2. The Morgan fingerprint density at radius 2 is 1.87 bits per heavy atom. The van der Waals surface area contributed by atoms with Gasteiger partial charge >= 0.3 is 0 Å². The zero-order valence-electron chi connectivity index (χ0n) is 16.0. The molecule has 2 aliphatic heterocycles. The Morgan fingerprint density at radius 3 is 2.55 bits per heavy atom. The lowest BCUT2D eigenvalue weighted by Gasteiger charge is -2.34. The fraction of sp³-hybridized carbons (Fsp3) is 0.350. The number of pyridine rings is 1. The molecule has 11 heteroatoms. The van der Waals surface area contributed by atoms with Gasteiger partial charge in [0.2, 0.25) is 5.43 Å². The summed E-state index contributed by atoms with van der Waals surface area (Å²) in [5, 5.41) is 12.5. The molecule has 0 radical (unpaired) electrons. The van der Waals surface area contributed by atoms with Gasteiger partial charge in [-0.3, -0.25) is 14.4 Å². The van der Waals surface area contributed by atoms with Crippen LogP contribution in [0.15, 0.2) is 23.1 Å². The average molecular weight is 439 g/mol. The Morgan fingerprint density at radius 1 is 1.19 bits per heavy atom. The van der Waals surface area contributed by atoms with Gasteiger partial charge in [0, 0.05) is 49.9 Å². The fourth-order valence-corrected chi connectivity index (χ4v) is 3.95. The van der Waals surface area contributed by atoms with E-state index in [-0.39, 0.29) is 31.6 Å². The molecule has 31 heavy (non-hydrogen) atoms. The summed E-state index contributed by atoms with van der Waals surface area (Å²) in [5.41, 5.74) is -2.67. The van der Waals surface area contributed by atoms with Gasteiger partial charge in [0.25, 0.3) is 11.8 Å². The van der Waals surface area contributed by atoms with Crippen molar-refractivity contribution in [2.24, 2.45) is 0 Å². The molecule has 164 valence electrons. The smallest absolute Gasteiger partial charge is 0.274 e. The van der Waals surface area contributed by atoms with Crippen molar-refractivity contribution in [3.05, 3.63) is 62.8 Å². The van der Waals surface area contributed by atoms with Crippen molar-refractivity contribution in [2.45, 2.75) is 31.6 Å². The molecule has 1 fully saturated rings. The number of benzene rings is 1. The third-order valence-electron chi connectivity index (χ3n) is 5.54. The van der Waals surface area contributed by atoms with Crippen molar-refractivity contribution in [3.63, 3.8) is 0 Å². The molecule has 2 N–H and O–H groups in total. The molecule has 2 amide bonds. The standard InChI is InChI=1S/C20H17F4N3O4/c21-9-1-2-26-7-11(3-9)27-8-13(17(28)18(29)16(27)20(26)31)19(30)25-6-12-14(23)4-10(22)5-15(12)24/h4-5,8-9,11,29H,1-3,6-7H2,(H,25,30)/t9-,11-/m1/s1. The summed E-state index contributed by atoms with van der Waals surface area (Å²) >= 11 is 0. The summed E-state index contributed by atoms with van der Waals surface area (Å²) in [4.78, 5) is 39.0. The highest BCUT2D eigenvalue weighted by molar-refractivity contribution is 5.99. The molecule has 0 aliphatic carbocycles. The van der Waals surface area contributed by atoms with Gasteiger partial charge in [-0.15, -0.1) is 0 Å². The first kappa shape index (κ1) is 20.9. The van der Waals surface area contributed by atoms with Crippen LogP contribution in [-0.2, 0) is 6.54 Å². The molecule has 2 aromatic rings. The molecule has 1 aromatic heterocycles. The molecule has 1 aromatic carbocycles. The van der Waals surface area contributed by atoms with Crippen LogP contribution in [0.5, 0.6) is 5.75 Å². The van der Waals surface area contributed by atoms with Gasteiger partial charge in [0.1, 0.15) is 29.2 Å². The largest absolute Gasteiger partial charge is 0.503 e. The van der Waals surface area contributed by atoms with Gasteiger partial charge in [-0.1, -0.05) is 0 Å². The number of amides is 2. The maximum Gasteiger partial charge on any atom is 0.274 e. The summed E-state index contributed by atoms with van der Waals surface area (Å²) in [5.74, 6) is -6.25. The highest BCUT2D eigenvalue weighted by Crippen LogP contribution is 2.32. The summed E-state index contributed by atoms with van der Waals surface area (Å²) in [6.07, 6.45) is -0.0324.